The number of nitriles is 1. The lowest BCUT2D eigenvalue weighted by Crippen LogP contribution is -2.72. The van der Waals surface area contributed by atoms with Crippen LogP contribution in [-0.2, 0) is 10.2 Å². The van der Waals surface area contributed by atoms with Gasteiger partial charge in [-0.25, -0.2) is 0 Å². The van der Waals surface area contributed by atoms with Gasteiger partial charge in [-0.2, -0.15) is 5.26 Å². The van der Waals surface area contributed by atoms with Gasteiger partial charge in [0.15, 0.2) is 0 Å². The number of fused-ring (bicyclic) bond motifs is 3. The molecule has 124 valence electrons. The fraction of sp³-hybridized carbons (Fsp3) is 0.524. The van der Waals surface area contributed by atoms with Gasteiger partial charge in [-0.15, -0.1) is 0 Å². The van der Waals surface area contributed by atoms with Gasteiger partial charge in [-0.3, -0.25) is 9.69 Å². The second-order valence-corrected chi connectivity index (χ2v) is 7.57. The Kier molecular flexibility index (Phi) is 3.62. The predicted molar refractivity (Wildman–Crippen MR) is 94.3 cm³/mol. The summed E-state index contributed by atoms with van der Waals surface area (Å²) in [6, 6.07) is 10.8. The molecule has 0 amide bonds. The summed E-state index contributed by atoms with van der Waals surface area (Å²) in [6.07, 6.45) is 9.70. The average Bonchev–Trinajstić information content (AvgIpc) is 2.85. The van der Waals surface area contributed by atoms with E-state index in [1.54, 1.807) is 6.92 Å². The molecule has 2 aliphatic carbocycles. The van der Waals surface area contributed by atoms with Gasteiger partial charge in [-0.05, 0) is 50.4 Å². The van der Waals surface area contributed by atoms with Crippen LogP contribution in [0, 0.1) is 17.2 Å². The number of carbonyl (C=O) groups excluding carboxylic acids is 1. The first kappa shape index (κ1) is 15.6. The number of benzene rings is 1. The van der Waals surface area contributed by atoms with Gasteiger partial charge < -0.3 is 0 Å². The second kappa shape index (κ2) is 5.57. The van der Waals surface area contributed by atoms with Crippen molar-refractivity contribution < 1.29 is 4.79 Å². The molecule has 0 bridgehead atoms. The van der Waals surface area contributed by atoms with E-state index in [0.29, 0.717) is 6.42 Å². The Bertz CT molecular complexity index is 738. The zero-order chi connectivity index (χ0) is 16.8. The number of carbonyl (C=O) groups is 1. The van der Waals surface area contributed by atoms with E-state index in [1.165, 1.54) is 12.8 Å². The summed E-state index contributed by atoms with van der Waals surface area (Å²) in [6.45, 7) is 3.66. The van der Waals surface area contributed by atoms with E-state index in [9.17, 15) is 10.1 Å². The summed E-state index contributed by atoms with van der Waals surface area (Å²) in [4.78, 5) is 15.1. The maximum absolute atomic E-state index is 12.7. The van der Waals surface area contributed by atoms with Crippen molar-refractivity contribution in [2.75, 3.05) is 13.1 Å². The lowest BCUT2D eigenvalue weighted by molar-refractivity contribution is -0.138. The number of likely N-dealkylation sites (tertiary alicyclic amines) is 1. The molecule has 0 spiro atoms. The summed E-state index contributed by atoms with van der Waals surface area (Å²) in [7, 11) is 0. The molecule has 1 heterocycles. The van der Waals surface area contributed by atoms with Gasteiger partial charge in [0.2, 0.25) is 0 Å². The van der Waals surface area contributed by atoms with Crippen molar-refractivity contribution in [1.82, 2.24) is 4.90 Å². The maximum Gasteiger partial charge on any atom is 0.141 e. The molecule has 3 nitrogen and oxygen atoms in total. The molecular formula is C21H24N2O. The number of ketones is 1. The highest BCUT2D eigenvalue weighted by atomic mass is 16.1. The SMILES string of the molecule is CC(=O)C12C[C@](C#N)(N3CCCCCC3)C1C=Cc1ccccc12. The predicted octanol–water partition coefficient (Wildman–Crippen LogP) is 3.70. The van der Waals surface area contributed by atoms with Crippen LogP contribution >= 0.6 is 0 Å². The molecule has 1 aromatic rings. The van der Waals surface area contributed by atoms with Crippen molar-refractivity contribution >= 4 is 11.9 Å². The lowest BCUT2D eigenvalue weighted by Gasteiger charge is -2.63. The number of Topliss-reactive ketones (excluding diaryl/α,β-unsaturated/α-hetero) is 1. The molecule has 24 heavy (non-hydrogen) atoms. The first-order valence-electron chi connectivity index (χ1n) is 9.10. The Morgan fingerprint density at radius 3 is 2.58 bits per heavy atom. The zero-order valence-corrected chi connectivity index (χ0v) is 14.3. The maximum atomic E-state index is 12.7. The van der Waals surface area contributed by atoms with Crippen molar-refractivity contribution in [3.63, 3.8) is 0 Å². The molecule has 1 saturated heterocycles. The summed E-state index contributed by atoms with van der Waals surface area (Å²) >= 11 is 0. The van der Waals surface area contributed by atoms with Crippen LogP contribution in [0.15, 0.2) is 30.3 Å². The van der Waals surface area contributed by atoms with Crippen LogP contribution in [0.25, 0.3) is 6.08 Å². The van der Waals surface area contributed by atoms with Crippen molar-refractivity contribution in [3.05, 3.63) is 41.5 Å². The first-order valence-corrected chi connectivity index (χ1v) is 9.10. The standard InChI is InChI=1S/C21H24N2O/c1-16(24)21-14-20(15-22,23-12-6-2-3-7-13-23)19(21)11-10-17-8-4-5-9-18(17)21/h4-5,8-11,19H,2-3,6-7,12-14H2,1H3/t19?,20-,21?/m1/s1. The van der Waals surface area contributed by atoms with Crippen molar-refractivity contribution in [2.24, 2.45) is 5.92 Å². The van der Waals surface area contributed by atoms with Gasteiger partial charge in [-0.1, -0.05) is 49.3 Å². The molecule has 0 aromatic heterocycles. The Morgan fingerprint density at radius 2 is 1.92 bits per heavy atom. The highest BCUT2D eigenvalue weighted by Gasteiger charge is 2.69. The van der Waals surface area contributed by atoms with E-state index in [4.69, 9.17) is 0 Å². The van der Waals surface area contributed by atoms with Gasteiger partial charge in [0.1, 0.15) is 11.3 Å². The third-order valence-corrected chi connectivity index (χ3v) is 6.50. The van der Waals surface area contributed by atoms with Crippen molar-refractivity contribution in [2.45, 2.75) is 50.0 Å². The Labute approximate surface area is 144 Å². The molecular weight excluding hydrogens is 296 g/mol. The molecule has 4 rings (SSSR count). The van der Waals surface area contributed by atoms with Gasteiger partial charge in [0, 0.05) is 5.92 Å². The van der Waals surface area contributed by atoms with Crippen LogP contribution in [0.4, 0.5) is 0 Å². The van der Waals surface area contributed by atoms with Crippen LogP contribution in [0.2, 0.25) is 0 Å². The van der Waals surface area contributed by atoms with Crippen LogP contribution < -0.4 is 0 Å². The number of hydrogen-bond donors (Lipinski definition) is 0. The highest BCUT2D eigenvalue weighted by molar-refractivity contribution is 5.94. The molecule has 3 atom stereocenters. The minimum absolute atomic E-state index is 0.0273. The minimum Gasteiger partial charge on any atom is -0.299 e. The summed E-state index contributed by atoms with van der Waals surface area (Å²) < 4.78 is 0. The lowest BCUT2D eigenvalue weighted by atomic mass is 9.43. The molecule has 1 aromatic carbocycles. The first-order chi connectivity index (χ1) is 11.6. The van der Waals surface area contributed by atoms with E-state index in [0.717, 1.165) is 37.1 Å². The minimum atomic E-state index is -0.514. The van der Waals surface area contributed by atoms with Crippen molar-refractivity contribution in [3.8, 4) is 6.07 Å². The Balaban J connectivity index is 1.79. The highest BCUT2D eigenvalue weighted by Crippen LogP contribution is 2.61. The fourth-order valence-corrected chi connectivity index (χ4v) is 5.25. The number of hydrogen-bond acceptors (Lipinski definition) is 3. The average molecular weight is 320 g/mol. The van der Waals surface area contributed by atoms with Crippen LogP contribution in [0.3, 0.4) is 0 Å². The third kappa shape index (κ3) is 1.90. The van der Waals surface area contributed by atoms with Gasteiger partial charge in [0.25, 0.3) is 0 Å². The Hall–Kier alpha value is -1.92. The Morgan fingerprint density at radius 1 is 1.21 bits per heavy atom. The van der Waals surface area contributed by atoms with Crippen LogP contribution in [-0.4, -0.2) is 29.3 Å². The van der Waals surface area contributed by atoms with Crippen LogP contribution in [0.5, 0.6) is 0 Å². The second-order valence-electron chi connectivity index (χ2n) is 7.57. The van der Waals surface area contributed by atoms with E-state index in [-0.39, 0.29) is 11.7 Å². The molecule has 0 radical (unpaired) electrons. The van der Waals surface area contributed by atoms with E-state index >= 15 is 0 Å². The number of rotatable bonds is 2. The fourth-order valence-electron chi connectivity index (χ4n) is 5.25. The normalized spacial score (nSPS) is 35.1. The molecule has 3 aliphatic rings. The van der Waals surface area contributed by atoms with Gasteiger partial charge in [0.05, 0.1) is 11.5 Å². The molecule has 3 heteroatoms. The molecule has 2 unspecified atom stereocenters. The van der Waals surface area contributed by atoms with E-state index < -0.39 is 11.0 Å². The van der Waals surface area contributed by atoms with E-state index in [2.05, 4.69) is 35.3 Å². The topological polar surface area (TPSA) is 44.1 Å². The zero-order valence-electron chi connectivity index (χ0n) is 14.3. The smallest absolute Gasteiger partial charge is 0.141 e. The van der Waals surface area contributed by atoms with Crippen molar-refractivity contribution in [1.29, 1.82) is 5.26 Å². The van der Waals surface area contributed by atoms with Crippen LogP contribution in [0.1, 0.15) is 50.2 Å². The number of nitrogens with zero attached hydrogens (tertiary/aromatic N) is 2. The summed E-state index contributed by atoms with van der Waals surface area (Å²) in [5.41, 5.74) is 1.23. The summed E-state index contributed by atoms with van der Waals surface area (Å²) in [5, 5.41) is 10.1. The van der Waals surface area contributed by atoms with Gasteiger partial charge >= 0.3 is 0 Å². The molecule has 1 saturated carbocycles. The largest absolute Gasteiger partial charge is 0.299 e. The molecule has 1 aliphatic heterocycles. The summed E-state index contributed by atoms with van der Waals surface area (Å²) in [5.74, 6) is 0.172. The molecule has 0 N–H and O–H groups in total. The molecule has 2 fully saturated rings. The third-order valence-electron chi connectivity index (χ3n) is 6.50. The van der Waals surface area contributed by atoms with E-state index in [1.807, 2.05) is 12.1 Å². The quantitative estimate of drug-likeness (QED) is 0.834. The monoisotopic (exact) mass is 320 g/mol.